The van der Waals surface area contributed by atoms with Crippen molar-refractivity contribution < 1.29 is 46.0 Å². The highest BCUT2D eigenvalue weighted by atomic mass is 32.1. The number of hydrogen-bond donors (Lipinski definition) is 7. The second-order valence-electron chi connectivity index (χ2n) is 10.3. The van der Waals surface area contributed by atoms with E-state index in [1.807, 2.05) is 0 Å². The molecule has 10 N–H and O–H groups in total. The first-order chi connectivity index (χ1) is 22.4. The highest BCUT2D eigenvalue weighted by Gasteiger charge is 2.72. The molecule has 0 fully saturated rings. The van der Waals surface area contributed by atoms with Gasteiger partial charge in [0.05, 0.1) is 11.4 Å². The number of hydrogen-bond acceptors (Lipinski definition) is 9. The molecule has 5 aromatic carbocycles. The first-order valence-corrected chi connectivity index (χ1v) is 14.1. The van der Waals surface area contributed by atoms with Crippen LogP contribution in [0.3, 0.4) is 0 Å². The fraction of sp³-hybridized carbons (Fsp3) is 0.0909. The summed E-state index contributed by atoms with van der Waals surface area (Å²) in [5.74, 6) is -0.329. The zero-order valence-electron chi connectivity index (χ0n) is 24.6. The maximum atomic E-state index is 14.4. The number of thiol groups is 1. The Bertz CT molecular complexity index is 1770. The minimum Gasteiger partial charge on any atom is -0.506 e. The first kappa shape index (κ1) is 35.3. The monoisotopic (exact) mass is 690 g/mol. The summed E-state index contributed by atoms with van der Waals surface area (Å²) >= 11 is 4.06. The summed E-state index contributed by atoms with van der Waals surface area (Å²) in [6.07, 6.45) is -11.6. The summed E-state index contributed by atoms with van der Waals surface area (Å²) < 4.78 is 97.6. The normalized spacial score (nSPS) is 11.7. The molecule has 0 atom stereocenters. The van der Waals surface area contributed by atoms with Crippen LogP contribution >= 0.6 is 12.6 Å². The standard InChI is InChI=1S/C27H20F6N2O4.C6H8N2S/c28-26(29,30)25(27(31,32)33,15-1-5-17(6-2-15)38-19-9-11-23(36)21(34)13-19)16-3-7-18(8-4-16)39-20-10-12-24(37)22(35)14-20;7-4-1-2-6(9)5(8)3-4/h1-14,36-37H,34-35H2;1-3,9H,7-8H2. The SMILES string of the molecule is Nc1cc(Oc2ccc(C(c3ccc(Oc4ccc(O)c(N)c4)cc3)(C(F)(F)F)C(F)(F)F)cc2)ccc1O.Nc1ccc(S)c(N)c1. The molecule has 0 spiro atoms. The molecule has 0 aliphatic heterocycles. The molecule has 0 amide bonds. The van der Waals surface area contributed by atoms with Gasteiger partial charge in [-0.1, -0.05) is 24.3 Å². The highest BCUT2D eigenvalue weighted by molar-refractivity contribution is 7.80. The second kappa shape index (κ2) is 13.7. The molecule has 8 nitrogen and oxygen atoms in total. The highest BCUT2D eigenvalue weighted by Crippen LogP contribution is 2.56. The summed E-state index contributed by atoms with van der Waals surface area (Å²) in [7, 11) is 0. The van der Waals surface area contributed by atoms with Gasteiger partial charge in [-0.3, -0.25) is 0 Å². The van der Waals surface area contributed by atoms with E-state index >= 15 is 0 Å². The van der Waals surface area contributed by atoms with Crippen molar-refractivity contribution >= 4 is 35.4 Å². The Labute approximate surface area is 275 Å². The van der Waals surface area contributed by atoms with Gasteiger partial charge in [0.1, 0.15) is 34.5 Å². The molecule has 0 saturated carbocycles. The molecule has 48 heavy (non-hydrogen) atoms. The maximum Gasteiger partial charge on any atom is 0.411 e. The van der Waals surface area contributed by atoms with Gasteiger partial charge in [0.2, 0.25) is 5.41 Å². The quantitative estimate of drug-likeness (QED) is 0.0404. The number of benzene rings is 5. The molecule has 0 aliphatic carbocycles. The lowest BCUT2D eigenvalue weighted by Crippen LogP contribution is -2.54. The van der Waals surface area contributed by atoms with Crippen molar-refractivity contribution in [2.24, 2.45) is 0 Å². The molecule has 252 valence electrons. The van der Waals surface area contributed by atoms with Gasteiger partial charge in [-0.2, -0.15) is 26.3 Å². The Hall–Kier alpha value is -5.57. The van der Waals surface area contributed by atoms with E-state index in [9.17, 15) is 36.6 Å². The van der Waals surface area contributed by atoms with Crippen molar-refractivity contribution in [3.05, 3.63) is 114 Å². The fourth-order valence-corrected chi connectivity index (χ4v) is 4.70. The van der Waals surface area contributed by atoms with Crippen LogP contribution in [0.1, 0.15) is 11.1 Å². The average Bonchev–Trinajstić information content (AvgIpc) is 3.00. The van der Waals surface area contributed by atoms with E-state index in [-0.39, 0.29) is 45.9 Å². The van der Waals surface area contributed by atoms with Crippen LogP contribution in [0.4, 0.5) is 49.1 Å². The van der Waals surface area contributed by atoms with E-state index in [1.54, 1.807) is 18.2 Å². The van der Waals surface area contributed by atoms with E-state index in [1.165, 1.54) is 36.4 Å². The molecule has 5 aromatic rings. The molecule has 0 radical (unpaired) electrons. The van der Waals surface area contributed by atoms with Gasteiger partial charge < -0.3 is 42.6 Å². The van der Waals surface area contributed by atoms with Crippen LogP contribution in [0.2, 0.25) is 0 Å². The molecule has 0 saturated heterocycles. The van der Waals surface area contributed by atoms with Crippen LogP contribution in [-0.2, 0) is 5.41 Å². The predicted octanol–water partition coefficient (Wildman–Crippen LogP) is 8.40. The van der Waals surface area contributed by atoms with Crippen LogP contribution in [0.25, 0.3) is 0 Å². The number of aromatic hydroxyl groups is 2. The number of halogens is 6. The van der Waals surface area contributed by atoms with Crippen molar-refractivity contribution in [3.8, 4) is 34.5 Å². The Balaban J connectivity index is 0.000000500. The molecule has 5 rings (SSSR count). The van der Waals surface area contributed by atoms with E-state index in [0.717, 1.165) is 29.2 Å². The summed E-state index contributed by atoms with van der Waals surface area (Å²) in [6, 6.07) is 19.4. The van der Waals surface area contributed by atoms with Crippen LogP contribution in [-0.4, -0.2) is 22.6 Å². The maximum absolute atomic E-state index is 14.4. The van der Waals surface area contributed by atoms with Gasteiger partial charge in [0, 0.05) is 28.4 Å². The minimum atomic E-state index is -5.78. The Morgan fingerprint density at radius 3 is 1.17 bits per heavy atom. The predicted molar refractivity (Wildman–Crippen MR) is 173 cm³/mol. The topological polar surface area (TPSA) is 163 Å². The van der Waals surface area contributed by atoms with Gasteiger partial charge in [-0.15, -0.1) is 12.6 Å². The second-order valence-corrected chi connectivity index (χ2v) is 10.7. The van der Waals surface area contributed by atoms with Crippen LogP contribution in [0, 0.1) is 0 Å². The Morgan fingerprint density at radius 2 is 0.854 bits per heavy atom. The molecule has 0 unspecified atom stereocenters. The Kier molecular flexibility index (Phi) is 10.0. The summed E-state index contributed by atoms with van der Waals surface area (Å²) in [4.78, 5) is 0.768. The number of phenolic OH excluding ortho intramolecular Hbond substituents is 2. The largest absolute Gasteiger partial charge is 0.506 e. The van der Waals surface area contributed by atoms with E-state index in [0.29, 0.717) is 35.6 Å². The first-order valence-electron chi connectivity index (χ1n) is 13.6. The molecule has 0 aromatic heterocycles. The van der Waals surface area contributed by atoms with Crippen LogP contribution < -0.4 is 32.4 Å². The van der Waals surface area contributed by atoms with E-state index < -0.39 is 28.9 Å². The zero-order valence-corrected chi connectivity index (χ0v) is 25.4. The van der Waals surface area contributed by atoms with Crippen molar-refractivity contribution in [3.63, 3.8) is 0 Å². The van der Waals surface area contributed by atoms with E-state index in [2.05, 4.69) is 12.6 Å². The van der Waals surface area contributed by atoms with Gasteiger partial charge in [0.15, 0.2) is 0 Å². The third-order valence-corrected chi connectivity index (χ3v) is 7.35. The summed E-state index contributed by atoms with van der Waals surface area (Å²) in [6.45, 7) is 0. The van der Waals surface area contributed by atoms with Crippen LogP contribution in [0.5, 0.6) is 34.5 Å². The number of rotatable bonds is 6. The van der Waals surface area contributed by atoms with Gasteiger partial charge in [-0.05, 0) is 77.9 Å². The summed E-state index contributed by atoms with van der Waals surface area (Å²) in [5, 5.41) is 19.0. The molecule has 0 heterocycles. The number of ether oxygens (including phenoxy) is 2. The number of nitrogen functional groups attached to an aromatic ring is 4. The minimum absolute atomic E-state index is 0.0291. The lowest BCUT2D eigenvalue weighted by atomic mass is 9.73. The number of alkyl halides is 6. The average molecular weight is 691 g/mol. The van der Waals surface area contributed by atoms with Crippen molar-refractivity contribution in [1.29, 1.82) is 0 Å². The lowest BCUT2D eigenvalue weighted by molar-refractivity contribution is -0.288. The fourth-order valence-electron chi connectivity index (χ4n) is 4.57. The molecule has 0 bridgehead atoms. The molecule has 15 heteroatoms. The third kappa shape index (κ3) is 7.52. The smallest absolute Gasteiger partial charge is 0.411 e. The van der Waals surface area contributed by atoms with Crippen molar-refractivity contribution in [2.75, 3.05) is 22.9 Å². The summed E-state index contributed by atoms with van der Waals surface area (Å²) in [5.41, 5.74) is 16.7. The van der Waals surface area contributed by atoms with Gasteiger partial charge >= 0.3 is 12.4 Å². The Morgan fingerprint density at radius 1 is 0.479 bits per heavy atom. The van der Waals surface area contributed by atoms with E-state index in [4.69, 9.17) is 32.4 Å². The van der Waals surface area contributed by atoms with Crippen molar-refractivity contribution in [2.45, 2.75) is 22.7 Å². The third-order valence-electron chi connectivity index (χ3n) is 6.95. The number of phenols is 2. The lowest BCUT2D eigenvalue weighted by Gasteiger charge is -2.38. The number of anilines is 4. The van der Waals surface area contributed by atoms with Gasteiger partial charge in [-0.25, -0.2) is 0 Å². The number of nitrogens with two attached hydrogens (primary N) is 4. The molecular formula is C33H28F6N4O4S. The zero-order chi connectivity index (χ0) is 35.4. The van der Waals surface area contributed by atoms with Crippen molar-refractivity contribution in [1.82, 2.24) is 0 Å². The molecular weight excluding hydrogens is 662 g/mol. The van der Waals surface area contributed by atoms with Crippen LogP contribution in [0.15, 0.2) is 108 Å². The van der Waals surface area contributed by atoms with Gasteiger partial charge in [0.25, 0.3) is 0 Å². The molecule has 0 aliphatic rings.